The summed E-state index contributed by atoms with van der Waals surface area (Å²) in [5, 5.41) is 27.7. The van der Waals surface area contributed by atoms with E-state index in [1.807, 2.05) is 0 Å². The van der Waals surface area contributed by atoms with E-state index in [1.54, 1.807) is 30.3 Å². The van der Waals surface area contributed by atoms with E-state index in [4.69, 9.17) is 5.26 Å². The minimum atomic E-state index is -1.21. The van der Waals surface area contributed by atoms with Gasteiger partial charge in [0.25, 0.3) is 0 Å². The lowest BCUT2D eigenvalue weighted by Crippen LogP contribution is -2.19. The molecule has 0 aliphatic carbocycles. The van der Waals surface area contributed by atoms with E-state index in [0.717, 1.165) is 0 Å². The molecule has 0 radical (unpaired) electrons. The van der Waals surface area contributed by atoms with Crippen molar-refractivity contribution in [1.29, 1.82) is 5.26 Å². The Labute approximate surface area is 93.8 Å². The number of carbonyl (C=O) groups is 1. The molecule has 0 saturated carbocycles. The van der Waals surface area contributed by atoms with Crippen LogP contribution in [0.2, 0.25) is 0 Å². The molecule has 4 heteroatoms. The second kappa shape index (κ2) is 5.40. The van der Waals surface area contributed by atoms with Crippen molar-refractivity contribution in [3.05, 3.63) is 35.4 Å². The summed E-state index contributed by atoms with van der Waals surface area (Å²) in [4.78, 5) is 11.3. The number of nitrogens with zero attached hydrogens (tertiary/aromatic N) is 1. The fourth-order valence-corrected chi connectivity index (χ4v) is 1.49. The Kier molecular flexibility index (Phi) is 4.18. The van der Waals surface area contributed by atoms with Crippen LogP contribution in [0.25, 0.3) is 0 Å². The fourth-order valence-electron chi connectivity index (χ4n) is 1.49. The number of nitriles is 1. The minimum absolute atomic E-state index is 0.173. The van der Waals surface area contributed by atoms with Gasteiger partial charge in [0, 0.05) is 5.56 Å². The highest BCUT2D eigenvalue weighted by molar-refractivity contribution is 5.95. The zero-order valence-electron chi connectivity index (χ0n) is 8.92. The van der Waals surface area contributed by atoms with Crippen LogP contribution in [0.5, 0.6) is 0 Å². The molecule has 16 heavy (non-hydrogen) atoms. The molecule has 0 aromatic heterocycles. The molecule has 0 spiro atoms. The van der Waals surface area contributed by atoms with Crippen LogP contribution in [0.4, 0.5) is 0 Å². The van der Waals surface area contributed by atoms with Gasteiger partial charge in [-0.2, -0.15) is 5.26 Å². The zero-order valence-corrected chi connectivity index (χ0v) is 8.92. The predicted molar refractivity (Wildman–Crippen MR) is 57.6 cm³/mol. The first-order valence-corrected chi connectivity index (χ1v) is 4.91. The standard InChI is InChI=1S/C12H13NO3/c1-8(14)9-4-2-3-5-10(9)12(16)11(15)6-7-13/h2-5,11-12,15-16H,6H2,1H3. The first-order chi connectivity index (χ1) is 7.57. The molecule has 1 aromatic rings. The number of aliphatic hydroxyl groups is 2. The Morgan fingerprint density at radius 2 is 2.06 bits per heavy atom. The second-order valence-corrected chi connectivity index (χ2v) is 3.52. The molecule has 0 amide bonds. The maximum atomic E-state index is 11.3. The Morgan fingerprint density at radius 3 is 2.62 bits per heavy atom. The number of benzene rings is 1. The monoisotopic (exact) mass is 219 g/mol. The van der Waals surface area contributed by atoms with Crippen molar-refractivity contribution in [2.24, 2.45) is 0 Å². The molecular formula is C12H13NO3. The van der Waals surface area contributed by atoms with Gasteiger partial charge >= 0.3 is 0 Å². The molecule has 1 aromatic carbocycles. The number of Topliss-reactive ketones (excluding diaryl/α,β-unsaturated/α-hetero) is 1. The van der Waals surface area contributed by atoms with Crippen LogP contribution in [-0.2, 0) is 0 Å². The van der Waals surface area contributed by atoms with Gasteiger partial charge in [0.05, 0.1) is 18.6 Å². The normalized spacial score (nSPS) is 13.9. The number of ketones is 1. The Morgan fingerprint density at radius 1 is 1.44 bits per heavy atom. The summed E-state index contributed by atoms with van der Waals surface area (Å²) in [6.45, 7) is 1.39. The van der Waals surface area contributed by atoms with E-state index in [-0.39, 0.29) is 12.2 Å². The lowest BCUT2D eigenvalue weighted by atomic mass is 9.95. The number of aliphatic hydroxyl groups excluding tert-OH is 2. The molecule has 2 N–H and O–H groups in total. The maximum absolute atomic E-state index is 11.3. The fraction of sp³-hybridized carbons (Fsp3) is 0.333. The molecule has 0 heterocycles. The average molecular weight is 219 g/mol. The number of carbonyl (C=O) groups excluding carboxylic acids is 1. The van der Waals surface area contributed by atoms with Crippen LogP contribution in [0.1, 0.15) is 35.4 Å². The summed E-state index contributed by atoms with van der Waals surface area (Å²) in [6, 6.07) is 8.28. The molecule has 1 rings (SSSR count). The first kappa shape index (κ1) is 12.4. The van der Waals surface area contributed by atoms with E-state index in [0.29, 0.717) is 11.1 Å². The topological polar surface area (TPSA) is 81.3 Å². The molecule has 0 bridgehead atoms. The highest BCUT2D eigenvalue weighted by Gasteiger charge is 2.21. The summed E-state index contributed by atoms with van der Waals surface area (Å²) in [7, 11) is 0. The van der Waals surface area contributed by atoms with Gasteiger partial charge in [0.1, 0.15) is 6.10 Å². The van der Waals surface area contributed by atoms with Crippen molar-refractivity contribution in [1.82, 2.24) is 0 Å². The summed E-state index contributed by atoms with van der Waals surface area (Å²) in [5.74, 6) is -0.182. The molecular weight excluding hydrogens is 206 g/mol. The van der Waals surface area contributed by atoms with Crippen LogP contribution in [0, 0.1) is 11.3 Å². The number of rotatable bonds is 4. The highest BCUT2D eigenvalue weighted by atomic mass is 16.3. The van der Waals surface area contributed by atoms with Gasteiger partial charge in [0.15, 0.2) is 5.78 Å². The summed E-state index contributed by atoms with van der Waals surface area (Å²) in [5.41, 5.74) is 0.727. The Bertz CT molecular complexity index is 423. The van der Waals surface area contributed by atoms with Crippen LogP contribution >= 0.6 is 0 Å². The summed E-state index contributed by atoms with van der Waals surface area (Å²) < 4.78 is 0. The maximum Gasteiger partial charge on any atom is 0.160 e. The zero-order chi connectivity index (χ0) is 12.1. The van der Waals surface area contributed by atoms with Crippen molar-refractivity contribution in [3.63, 3.8) is 0 Å². The first-order valence-electron chi connectivity index (χ1n) is 4.91. The van der Waals surface area contributed by atoms with Gasteiger partial charge in [-0.15, -0.1) is 0 Å². The second-order valence-electron chi connectivity index (χ2n) is 3.52. The van der Waals surface area contributed by atoms with Crippen LogP contribution < -0.4 is 0 Å². The number of hydrogen-bond donors (Lipinski definition) is 2. The number of hydrogen-bond acceptors (Lipinski definition) is 4. The van der Waals surface area contributed by atoms with E-state index >= 15 is 0 Å². The van der Waals surface area contributed by atoms with Crippen LogP contribution in [0.15, 0.2) is 24.3 Å². The van der Waals surface area contributed by atoms with E-state index in [9.17, 15) is 15.0 Å². The van der Waals surface area contributed by atoms with Crippen molar-refractivity contribution in [2.45, 2.75) is 25.6 Å². The van der Waals surface area contributed by atoms with Gasteiger partial charge < -0.3 is 10.2 Å². The molecule has 0 aliphatic rings. The molecule has 4 nitrogen and oxygen atoms in total. The van der Waals surface area contributed by atoms with Crippen LogP contribution in [0.3, 0.4) is 0 Å². The van der Waals surface area contributed by atoms with Crippen LogP contribution in [-0.4, -0.2) is 22.1 Å². The van der Waals surface area contributed by atoms with Crippen molar-refractivity contribution in [2.75, 3.05) is 0 Å². The SMILES string of the molecule is CC(=O)c1ccccc1C(O)C(O)CC#N. The average Bonchev–Trinajstić information content (AvgIpc) is 2.28. The molecule has 84 valence electrons. The lowest BCUT2D eigenvalue weighted by Gasteiger charge is -2.17. The Hall–Kier alpha value is -1.70. The van der Waals surface area contributed by atoms with Crippen molar-refractivity contribution >= 4 is 5.78 Å². The molecule has 0 aliphatic heterocycles. The predicted octanol–water partition coefficient (Wildman–Crippen LogP) is 1.20. The van der Waals surface area contributed by atoms with Gasteiger partial charge in [-0.3, -0.25) is 4.79 Å². The third kappa shape index (κ3) is 2.66. The van der Waals surface area contributed by atoms with Gasteiger partial charge in [-0.1, -0.05) is 24.3 Å². The van der Waals surface area contributed by atoms with E-state index in [1.165, 1.54) is 6.92 Å². The highest BCUT2D eigenvalue weighted by Crippen LogP contribution is 2.22. The third-order valence-electron chi connectivity index (χ3n) is 2.32. The summed E-state index contributed by atoms with van der Waals surface area (Å²) in [6.07, 6.45) is -2.56. The van der Waals surface area contributed by atoms with Gasteiger partial charge in [-0.25, -0.2) is 0 Å². The molecule has 2 unspecified atom stereocenters. The largest absolute Gasteiger partial charge is 0.389 e. The van der Waals surface area contributed by atoms with E-state index in [2.05, 4.69) is 0 Å². The molecule has 0 saturated heterocycles. The van der Waals surface area contributed by atoms with E-state index < -0.39 is 12.2 Å². The van der Waals surface area contributed by atoms with Crippen molar-refractivity contribution < 1.29 is 15.0 Å². The van der Waals surface area contributed by atoms with Gasteiger partial charge in [-0.05, 0) is 12.5 Å². The van der Waals surface area contributed by atoms with Crippen molar-refractivity contribution in [3.8, 4) is 6.07 Å². The molecule has 0 fully saturated rings. The summed E-state index contributed by atoms with van der Waals surface area (Å²) >= 11 is 0. The quantitative estimate of drug-likeness (QED) is 0.745. The minimum Gasteiger partial charge on any atom is -0.389 e. The lowest BCUT2D eigenvalue weighted by molar-refractivity contribution is 0.0211. The smallest absolute Gasteiger partial charge is 0.160 e. The Balaban J connectivity index is 3.04. The third-order valence-corrected chi connectivity index (χ3v) is 2.32. The molecule has 2 atom stereocenters. The van der Waals surface area contributed by atoms with Gasteiger partial charge in [0.2, 0.25) is 0 Å².